The van der Waals surface area contributed by atoms with E-state index in [1.807, 2.05) is 48.5 Å². The fourth-order valence-corrected chi connectivity index (χ4v) is 5.90. The number of nitrogens with one attached hydrogen (secondary N) is 2. The van der Waals surface area contributed by atoms with Crippen LogP contribution in [-0.2, 0) is 5.41 Å². The van der Waals surface area contributed by atoms with Crippen LogP contribution < -0.4 is 20.3 Å². The maximum absolute atomic E-state index is 6.33. The predicted molar refractivity (Wildman–Crippen MR) is 155 cm³/mol. The van der Waals surface area contributed by atoms with E-state index in [0.29, 0.717) is 23.0 Å². The highest BCUT2D eigenvalue weighted by atomic mass is 35.5. The Bertz CT molecular complexity index is 1220. The third-order valence-corrected chi connectivity index (χ3v) is 8.04. The van der Waals surface area contributed by atoms with Gasteiger partial charge in [0.15, 0.2) is 5.11 Å². The Morgan fingerprint density at radius 2 is 1.86 bits per heavy atom. The summed E-state index contributed by atoms with van der Waals surface area (Å²) in [5.74, 6) is 2.51. The van der Waals surface area contributed by atoms with E-state index in [2.05, 4.69) is 39.6 Å². The average Bonchev–Trinajstić information content (AvgIpc) is 3.39. The van der Waals surface area contributed by atoms with Gasteiger partial charge in [0.05, 0.1) is 0 Å². The molecule has 3 aromatic rings. The quantitative estimate of drug-likeness (QED) is 0.313. The number of benzene rings is 2. The summed E-state index contributed by atoms with van der Waals surface area (Å²) in [6, 6.07) is 20.2. The molecule has 2 aromatic carbocycles. The third kappa shape index (κ3) is 6.33. The van der Waals surface area contributed by atoms with E-state index in [0.717, 1.165) is 55.4 Å². The van der Waals surface area contributed by atoms with E-state index in [-0.39, 0.29) is 5.41 Å². The van der Waals surface area contributed by atoms with Crippen LogP contribution in [0.2, 0.25) is 5.02 Å². The van der Waals surface area contributed by atoms with Crippen molar-refractivity contribution in [1.29, 1.82) is 0 Å². The van der Waals surface area contributed by atoms with E-state index in [1.54, 1.807) is 0 Å². The molecule has 8 heteroatoms. The average molecular weight is 536 g/mol. The van der Waals surface area contributed by atoms with Gasteiger partial charge in [0.25, 0.3) is 0 Å². The first-order valence-electron chi connectivity index (χ1n) is 13.2. The molecule has 37 heavy (non-hydrogen) atoms. The minimum absolute atomic E-state index is 0.0180. The predicted octanol–water partition coefficient (Wildman–Crippen LogP) is 7.10. The van der Waals surface area contributed by atoms with Crippen LogP contribution in [-0.4, -0.2) is 34.2 Å². The molecule has 2 heterocycles. The Morgan fingerprint density at radius 1 is 1.05 bits per heavy atom. The van der Waals surface area contributed by atoms with Crippen molar-refractivity contribution in [2.45, 2.75) is 63.3 Å². The second-order valence-electron chi connectivity index (χ2n) is 10.1. The lowest BCUT2D eigenvalue weighted by atomic mass is 9.79. The molecule has 0 radical (unpaired) electrons. The molecule has 1 aromatic heterocycles. The van der Waals surface area contributed by atoms with Crippen molar-refractivity contribution in [3.05, 3.63) is 71.2 Å². The van der Waals surface area contributed by atoms with Crippen molar-refractivity contribution in [3.8, 4) is 11.6 Å². The lowest BCUT2D eigenvalue weighted by molar-refractivity contribution is 0.435. The summed E-state index contributed by atoms with van der Waals surface area (Å²) in [4.78, 5) is 11.8. The zero-order chi connectivity index (χ0) is 25.7. The number of rotatable bonds is 7. The molecular formula is C29H34ClN5OS. The van der Waals surface area contributed by atoms with E-state index < -0.39 is 0 Å². The number of aromatic nitrogens is 2. The minimum Gasteiger partial charge on any atom is -0.439 e. The standard InChI is InChI=1S/C29H34ClN5OS/c1-21-10-5-8-17-35(21)25-19-26(36-24-13-3-2-4-14-24)33-27(32-25)34-28(37)31-20-29(15-6-7-16-29)22-11-9-12-23(30)18-22/h2-4,9,11-14,18-19,21H,5-8,10,15-17,20H2,1H3,(H2,31,32,33,34,37)/t21-/m1/s1. The molecule has 2 fully saturated rings. The van der Waals surface area contributed by atoms with Crippen molar-refractivity contribution >= 4 is 40.7 Å². The molecule has 0 amide bonds. The first-order chi connectivity index (χ1) is 18.0. The summed E-state index contributed by atoms with van der Waals surface area (Å²) < 4.78 is 6.10. The van der Waals surface area contributed by atoms with E-state index in [4.69, 9.17) is 33.5 Å². The number of halogens is 1. The molecule has 1 saturated carbocycles. The Balaban J connectivity index is 1.33. The molecule has 2 aliphatic rings. The van der Waals surface area contributed by atoms with Crippen molar-refractivity contribution in [2.75, 3.05) is 23.3 Å². The molecule has 0 spiro atoms. The number of thiocarbonyl (C=S) groups is 1. The van der Waals surface area contributed by atoms with Crippen LogP contribution in [0.3, 0.4) is 0 Å². The van der Waals surface area contributed by atoms with Crippen LogP contribution in [0.4, 0.5) is 11.8 Å². The number of para-hydroxylation sites is 1. The van der Waals surface area contributed by atoms with Gasteiger partial charge in [-0.15, -0.1) is 0 Å². The summed E-state index contributed by atoms with van der Waals surface area (Å²) in [6.45, 7) is 3.94. The van der Waals surface area contributed by atoms with Gasteiger partial charge in [0.1, 0.15) is 11.6 Å². The van der Waals surface area contributed by atoms with Gasteiger partial charge in [-0.3, -0.25) is 0 Å². The van der Waals surface area contributed by atoms with Crippen molar-refractivity contribution in [1.82, 2.24) is 15.3 Å². The molecule has 1 saturated heterocycles. The van der Waals surface area contributed by atoms with Gasteiger partial charge in [0, 0.05) is 35.6 Å². The molecule has 1 aliphatic carbocycles. The Morgan fingerprint density at radius 3 is 2.62 bits per heavy atom. The van der Waals surface area contributed by atoms with Gasteiger partial charge < -0.3 is 20.3 Å². The normalized spacial score (nSPS) is 18.9. The number of nitrogens with zero attached hydrogens (tertiary/aromatic N) is 3. The van der Waals surface area contributed by atoms with Gasteiger partial charge in [-0.25, -0.2) is 0 Å². The number of hydrogen-bond donors (Lipinski definition) is 2. The molecular weight excluding hydrogens is 502 g/mol. The van der Waals surface area contributed by atoms with E-state index >= 15 is 0 Å². The number of piperidine rings is 1. The van der Waals surface area contributed by atoms with Gasteiger partial charge in [-0.2, -0.15) is 9.97 Å². The minimum atomic E-state index is 0.0180. The summed E-state index contributed by atoms with van der Waals surface area (Å²) in [7, 11) is 0. The maximum atomic E-state index is 6.33. The zero-order valence-corrected chi connectivity index (χ0v) is 22.8. The van der Waals surface area contributed by atoms with Gasteiger partial charge in [-0.05, 0) is 81.1 Å². The van der Waals surface area contributed by atoms with Crippen molar-refractivity contribution < 1.29 is 4.74 Å². The summed E-state index contributed by atoms with van der Waals surface area (Å²) in [5.41, 5.74) is 1.29. The monoisotopic (exact) mass is 535 g/mol. The number of anilines is 2. The second kappa shape index (κ2) is 11.7. The fraction of sp³-hybridized carbons (Fsp3) is 0.414. The van der Waals surface area contributed by atoms with Gasteiger partial charge in [0.2, 0.25) is 11.8 Å². The molecule has 1 atom stereocenters. The number of hydrogen-bond acceptors (Lipinski definition) is 5. The van der Waals surface area contributed by atoms with Crippen LogP contribution in [0, 0.1) is 0 Å². The molecule has 0 bridgehead atoms. The molecule has 5 rings (SSSR count). The lowest BCUT2D eigenvalue weighted by Gasteiger charge is -2.34. The molecule has 6 nitrogen and oxygen atoms in total. The zero-order valence-electron chi connectivity index (χ0n) is 21.3. The summed E-state index contributed by atoms with van der Waals surface area (Å²) in [6.07, 6.45) is 8.16. The van der Waals surface area contributed by atoms with Crippen LogP contribution in [0.1, 0.15) is 57.4 Å². The van der Waals surface area contributed by atoms with Crippen LogP contribution in [0.15, 0.2) is 60.7 Å². The number of ether oxygens (including phenoxy) is 1. The maximum Gasteiger partial charge on any atom is 0.234 e. The molecule has 194 valence electrons. The third-order valence-electron chi connectivity index (χ3n) is 7.56. The van der Waals surface area contributed by atoms with Gasteiger partial charge in [-0.1, -0.05) is 54.8 Å². The van der Waals surface area contributed by atoms with Crippen molar-refractivity contribution in [2.24, 2.45) is 0 Å². The van der Waals surface area contributed by atoms with Crippen LogP contribution >= 0.6 is 23.8 Å². The SMILES string of the molecule is C[C@@H]1CCCCN1c1cc(Oc2ccccc2)nc(NC(=S)NCC2(c3cccc(Cl)c3)CCCC2)n1. The first kappa shape index (κ1) is 25.7. The Hall–Kier alpha value is -2.90. The van der Waals surface area contributed by atoms with Crippen LogP contribution in [0.25, 0.3) is 0 Å². The van der Waals surface area contributed by atoms with Crippen molar-refractivity contribution in [3.63, 3.8) is 0 Å². The highest BCUT2D eigenvalue weighted by Crippen LogP contribution is 2.41. The lowest BCUT2D eigenvalue weighted by Crippen LogP contribution is -2.41. The topological polar surface area (TPSA) is 62.3 Å². The Kier molecular flexibility index (Phi) is 8.11. The van der Waals surface area contributed by atoms with E-state index in [1.165, 1.54) is 24.8 Å². The largest absolute Gasteiger partial charge is 0.439 e. The highest BCUT2D eigenvalue weighted by molar-refractivity contribution is 7.80. The Labute approximate surface area is 229 Å². The molecule has 2 N–H and O–H groups in total. The molecule has 0 unspecified atom stereocenters. The summed E-state index contributed by atoms with van der Waals surface area (Å²) >= 11 is 12.0. The fourth-order valence-electron chi connectivity index (χ4n) is 5.55. The summed E-state index contributed by atoms with van der Waals surface area (Å²) in [5, 5.41) is 7.96. The van der Waals surface area contributed by atoms with Crippen LogP contribution in [0.5, 0.6) is 11.6 Å². The molecule has 1 aliphatic heterocycles. The van der Waals surface area contributed by atoms with E-state index in [9.17, 15) is 0 Å². The first-order valence-corrected chi connectivity index (χ1v) is 14.0. The second-order valence-corrected chi connectivity index (χ2v) is 11.0. The van der Waals surface area contributed by atoms with Gasteiger partial charge >= 0.3 is 0 Å². The highest BCUT2D eigenvalue weighted by Gasteiger charge is 2.35. The smallest absolute Gasteiger partial charge is 0.234 e.